The van der Waals surface area contributed by atoms with Crippen LogP contribution in [0.4, 0.5) is 0 Å². The van der Waals surface area contributed by atoms with E-state index in [1.807, 2.05) is 36.4 Å². The Morgan fingerprint density at radius 2 is 1.90 bits per heavy atom. The number of rotatable bonds is 7. The van der Waals surface area contributed by atoms with Crippen molar-refractivity contribution in [2.24, 2.45) is 10.6 Å². The second-order valence-corrected chi connectivity index (χ2v) is 10.6. The predicted molar refractivity (Wildman–Crippen MR) is 147 cm³/mol. The topological polar surface area (TPSA) is 109 Å². The number of ketones is 1. The maximum Gasteiger partial charge on any atom is 0.228 e. The number of carbonyl (C=O) groups is 1. The van der Waals surface area contributed by atoms with Crippen molar-refractivity contribution in [1.82, 2.24) is 19.6 Å². The monoisotopic (exact) mass is 539 g/mol. The Bertz CT molecular complexity index is 1660. The van der Waals surface area contributed by atoms with E-state index in [-0.39, 0.29) is 23.7 Å². The van der Waals surface area contributed by atoms with E-state index in [1.165, 1.54) is 0 Å². The molecule has 1 aliphatic carbocycles. The van der Waals surface area contributed by atoms with E-state index in [9.17, 15) is 4.79 Å². The number of oxime groups is 1. The van der Waals surface area contributed by atoms with Gasteiger partial charge < -0.3 is 19.0 Å². The number of hydrogen-bond acceptors (Lipinski definition) is 9. The lowest BCUT2D eigenvalue weighted by molar-refractivity contribution is -0.118. The molecule has 0 N–H and O–H groups in total. The van der Waals surface area contributed by atoms with Gasteiger partial charge in [-0.05, 0) is 29.2 Å². The summed E-state index contributed by atoms with van der Waals surface area (Å²) < 4.78 is 18.5. The lowest BCUT2D eigenvalue weighted by atomic mass is 9.70. The third-order valence-electron chi connectivity index (χ3n) is 7.12. The molecule has 4 aromatic rings. The molecule has 6 rings (SSSR count). The minimum Gasteiger partial charge on any atom is -0.493 e. The molecule has 0 fully saturated rings. The van der Waals surface area contributed by atoms with Gasteiger partial charge in [-0.25, -0.2) is 14.5 Å². The number of methoxy groups -OCH3 is 2. The van der Waals surface area contributed by atoms with Crippen molar-refractivity contribution in [2.45, 2.75) is 39.2 Å². The molecule has 10 heteroatoms. The maximum absolute atomic E-state index is 13.5. The molecule has 0 amide bonds. The number of ether oxygens (including phenoxy) is 3. The summed E-state index contributed by atoms with van der Waals surface area (Å²) >= 11 is 0. The fraction of sp³-hybridized carbons (Fsp3) is 0.300. The molecule has 1 unspecified atom stereocenters. The first-order chi connectivity index (χ1) is 19.4. The SMILES string of the molecule is COc1ccc(/C=N/OCc2nc3c4c(ncn3n2)OC2=C(C(=O)CC(C)(C)C2)C4c2ccccc2)cc1OC. The Hall–Kier alpha value is -4.73. The Balaban J connectivity index is 1.32. The van der Waals surface area contributed by atoms with Crippen molar-refractivity contribution in [3.63, 3.8) is 0 Å². The first-order valence-corrected chi connectivity index (χ1v) is 13.0. The summed E-state index contributed by atoms with van der Waals surface area (Å²) in [5.41, 5.74) is 3.52. The molecule has 2 aromatic carbocycles. The lowest BCUT2D eigenvalue weighted by Gasteiger charge is -2.37. The molecule has 10 nitrogen and oxygen atoms in total. The van der Waals surface area contributed by atoms with Crippen LogP contribution in [0.1, 0.15) is 55.1 Å². The number of hydrogen-bond donors (Lipinski definition) is 0. The van der Waals surface area contributed by atoms with Crippen LogP contribution in [0.3, 0.4) is 0 Å². The van der Waals surface area contributed by atoms with Gasteiger partial charge in [0.15, 0.2) is 35.4 Å². The standard InChI is InChI=1S/C30H29N5O5/c1-30(2)13-20(36)26-23(14-30)40-29-27(25(26)19-8-6-5-7-9-19)28-33-24(34-35(28)17-31-29)16-39-32-15-18-10-11-21(37-3)22(12-18)38-4/h5-12,15,17,25H,13-14,16H2,1-4H3/b32-15+. The largest absolute Gasteiger partial charge is 0.493 e. The summed E-state index contributed by atoms with van der Waals surface area (Å²) in [4.78, 5) is 28.3. The number of allylic oxidation sites excluding steroid dienone is 2. The van der Waals surface area contributed by atoms with E-state index in [0.717, 1.165) is 11.1 Å². The van der Waals surface area contributed by atoms with Crippen LogP contribution in [-0.2, 0) is 16.2 Å². The van der Waals surface area contributed by atoms with E-state index < -0.39 is 0 Å². The zero-order chi connectivity index (χ0) is 27.9. The molecule has 40 heavy (non-hydrogen) atoms. The summed E-state index contributed by atoms with van der Waals surface area (Å²) in [6.07, 6.45) is 4.26. The molecule has 0 spiro atoms. The predicted octanol–water partition coefficient (Wildman–Crippen LogP) is 4.86. The maximum atomic E-state index is 13.5. The van der Waals surface area contributed by atoms with Gasteiger partial charge in [0.25, 0.3) is 0 Å². The Morgan fingerprint density at radius 3 is 2.67 bits per heavy atom. The first-order valence-electron chi connectivity index (χ1n) is 13.0. The molecule has 0 bridgehead atoms. The van der Waals surface area contributed by atoms with Crippen LogP contribution in [-0.4, -0.2) is 45.8 Å². The van der Waals surface area contributed by atoms with Gasteiger partial charge in [-0.2, -0.15) is 0 Å². The Morgan fingerprint density at radius 1 is 1.10 bits per heavy atom. The van der Waals surface area contributed by atoms with E-state index in [2.05, 4.69) is 29.1 Å². The third kappa shape index (κ3) is 4.66. The fourth-order valence-electron chi connectivity index (χ4n) is 5.36. The van der Waals surface area contributed by atoms with Crippen molar-refractivity contribution in [1.29, 1.82) is 0 Å². The molecule has 0 radical (unpaired) electrons. The highest BCUT2D eigenvalue weighted by molar-refractivity contribution is 6.00. The van der Waals surface area contributed by atoms with E-state index in [1.54, 1.807) is 43.4 Å². The summed E-state index contributed by atoms with van der Waals surface area (Å²) in [6.45, 7) is 4.21. The van der Waals surface area contributed by atoms with Gasteiger partial charge in [0, 0.05) is 29.9 Å². The quantitative estimate of drug-likeness (QED) is 0.242. The van der Waals surface area contributed by atoms with E-state index in [0.29, 0.717) is 58.6 Å². The Labute approximate surface area is 231 Å². The van der Waals surface area contributed by atoms with Crippen molar-refractivity contribution < 1.29 is 23.8 Å². The molecule has 0 saturated heterocycles. The number of fused-ring (bicyclic) bond motifs is 3. The highest BCUT2D eigenvalue weighted by atomic mass is 16.6. The van der Waals surface area contributed by atoms with Gasteiger partial charge in [0.1, 0.15) is 12.1 Å². The molecule has 3 heterocycles. The van der Waals surface area contributed by atoms with Gasteiger partial charge in [0.2, 0.25) is 5.88 Å². The highest BCUT2D eigenvalue weighted by Crippen LogP contribution is 2.50. The highest BCUT2D eigenvalue weighted by Gasteiger charge is 2.43. The van der Waals surface area contributed by atoms with Crippen molar-refractivity contribution in [3.8, 4) is 17.4 Å². The second kappa shape index (κ2) is 10.1. The number of benzene rings is 2. The van der Waals surface area contributed by atoms with Crippen LogP contribution < -0.4 is 14.2 Å². The van der Waals surface area contributed by atoms with Crippen molar-refractivity contribution in [3.05, 3.63) is 88.7 Å². The van der Waals surface area contributed by atoms with Crippen LogP contribution in [0.2, 0.25) is 0 Å². The lowest BCUT2D eigenvalue weighted by Crippen LogP contribution is -2.33. The summed E-state index contributed by atoms with van der Waals surface area (Å²) in [6, 6.07) is 15.4. The van der Waals surface area contributed by atoms with Crippen LogP contribution in [0.15, 0.2) is 71.3 Å². The van der Waals surface area contributed by atoms with Crippen molar-refractivity contribution >= 4 is 17.6 Å². The number of carbonyl (C=O) groups excluding carboxylic acids is 1. The van der Waals surface area contributed by atoms with Crippen LogP contribution >= 0.6 is 0 Å². The molecular formula is C30H29N5O5. The molecule has 1 atom stereocenters. The van der Waals surface area contributed by atoms with E-state index in [4.69, 9.17) is 24.0 Å². The van der Waals surface area contributed by atoms with E-state index >= 15 is 0 Å². The molecule has 2 aromatic heterocycles. The fourth-order valence-corrected chi connectivity index (χ4v) is 5.36. The van der Waals surface area contributed by atoms with Crippen LogP contribution in [0, 0.1) is 5.41 Å². The summed E-state index contributed by atoms with van der Waals surface area (Å²) in [5, 5.41) is 8.60. The Kier molecular flexibility index (Phi) is 6.45. The molecule has 2 aliphatic rings. The van der Waals surface area contributed by atoms with Gasteiger partial charge in [-0.15, -0.1) is 5.10 Å². The first kappa shape index (κ1) is 25.5. The van der Waals surface area contributed by atoms with Gasteiger partial charge in [-0.1, -0.05) is 49.3 Å². The third-order valence-corrected chi connectivity index (χ3v) is 7.12. The van der Waals surface area contributed by atoms with Crippen LogP contribution in [0.25, 0.3) is 5.65 Å². The summed E-state index contributed by atoms with van der Waals surface area (Å²) in [7, 11) is 3.16. The molecule has 0 saturated carbocycles. The number of nitrogens with zero attached hydrogens (tertiary/aromatic N) is 5. The minimum absolute atomic E-state index is 0.0399. The number of Topliss-reactive ketones (excluding diaryl/α,β-unsaturated/α-hetero) is 1. The number of aromatic nitrogens is 4. The second-order valence-electron chi connectivity index (χ2n) is 10.6. The zero-order valence-electron chi connectivity index (χ0n) is 22.7. The summed E-state index contributed by atoms with van der Waals surface area (Å²) in [5.74, 6) is 2.50. The van der Waals surface area contributed by atoms with Crippen LogP contribution in [0.5, 0.6) is 17.4 Å². The van der Waals surface area contributed by atoms with Gasteiger partial charge in [-0.3, -0.25) is 4.79 Å². The van der Waals surface area contributed by atoms with Gasteiger partial charge in [0.05, 0.1) is 26.0 Å². The average molecular weight is 540 g/mol. The normalized spacial score (nSPS) is 17.9. The zero-order valence-corrected chi connectivity index (χ0v) is 22.7. The minimum atomic E-state index is -0.360. The van der Waals surface area contributed by atoms with Crippen molar-refractivity contribution in [2.75, 3.05) is 14.2 Å². The molecule has 204 valence electrons. The average Bonchev–Trinajstić information content (AvgIpc) is 3.37. The van der Waals surface area contributed by atoms with Gasteiger partial charge >= 0.3 is 0 Å². The smallest absolute Gasteiger partial charge is 0.228 e. The molecule has 1 aliphatic heterocycles. The molecular weight excluding hydrogens is 510 g/mol.